The van der Waals surface area contributed by atoms with Crippen LogP contribution in [-0.4, -0.2) is 40.8 Å². The SMILES string of the molecule is CC12CCC3C(C(O)CC4CCCCC43C)C1CCC2CCCC(=O)NC(CCCCN)C(=O)O. The third-order valence-electron chi connectivity index (χ3n) is 11.3. The first kappa shape index (κ1) is 26.9. The van der Waals surface area contributed by atoms with E-state index in [0.717, 1.165) is 25.7 Å². The molecule has 0 bridgehead atoms. The fraction of sp³-hybridized carbons (Fsp3) is 0.931. The summed E-state index contributed by atoms with van der Waals surface area (Å²) in [5.74, 6) is 1.93. The average Bonchev–Trinajstić information content (AvgIpc) is 3.15. The molecule has 4 rings (SSSR count). The predicted octanol–water partition coefficient (Wildman–Crippen LogP) is 4.87. The fourth-order valence-corrected chi connectivity index (χ4v) is 9.36. The van der Waals surface area contributed by atoms with Crippen LogP contribution >= 0.6 is 0 Å². The molecule has 6 heteroatoms. The number of hydrogen-bond donors (Lipinski definition) is 4. The van der Waals surface area contributed by atoms with Gasteiger partial charge in [-0.1, -0.05) is 26.7 Å². The lowest BCUT2D eigenvalue weighted by molar-refractivity contribution is -0.162. The molecule has 1 amide bonds. The van der Waals surface area contributed by atoms with E-state index in [1.807, 2.05) is 0 Å². The molecule has 9 atom stereocenters. The van der Waals surface area contributed by atoms with Gasteiger partial charge in [0.15, 0.2) is 0 Å². The number of fused-ring (bicyclic) bond motifs is 5. The summed E-state index contributed by atoms with van der Waals surface area (Å²) in [7, 11) is 0. The predicted molar refractivity (Wildman–Crippen MR) is 138 cm³/mol. The summed E-state index contributed by atoms with van der Waals surface area (Å²) < 4.78 is 0. The Morgan fingerprint density at radius 2 is 1.77 bits per heavy atom. The highest BCUT2D eigenvalue weighted by Gasteiger charge is 2.61. The Bertz CT molecular complexity index is 759. The van der Waals surface area contributed by atoms with E-state index in [0.29, 0.717) is 60.8 Å². The molecule has 4 aliphatic carbocycles. The van der Waals surface area contributed by atoms with Crippen molar-refractivity contribution >= 4 is 11.9 Å². The smallest absolute Gasteiger partial charge is 0.326 e. The Hall–Kier alpha value is -1.14. The number of carbonyl (C=O) groups excluding carboxylic acids is 1. The zero-order valence-electron chi connectivity index (χ0n) is 22.1. The Morgan fingerprint density at radius 3 is 2.51 bits per heavy atom. The molecule has 200 valence electrons. The minimum Gasteiger partial charge on any atom is -0.480 e. The molecule has 5 N–H and O–H groups in total. The van der Waals surface area contributed by atoms with Crippen LogP contribution in [0.15, 0.2) is 0 Å². The number of carboxylic acid groups (broad SMARTS) is 1. The third kappa shape index (κ3) is 5.30. The van der Waals surface area contributed by atoms with Crippen LogP contribution in [0.5, 0.6) is 0 Å². The number of aliphatic hydroxyl groups excluding tert-OH is 1. The van der Waals surface area contributed by atoms with Crippen LogP contribution in [0, 0.1) is 40.4 Å². The van der Waals surface area contributed by atoms with Crippen molar-refractivity contribution in [2.24, 2.45) is 46.2 Å². The standard InChI is InChI=1S/C29H50N2O4/c1-28-15-5-3-8-20(28)18-24(32)26-21-13-12-19(29(21,2)16-14-22(26)28)9-7-11-25(33)31-23(27(34)35)10-4-6-17-30/h19-24,26,32H,3-18,30H2,1-2H3,(H,31,33)(H,34,35). The summed E-state index contributed by atoms with van der Waals surface area (Å²) in [6.07, 6.45) is 15.3. The quantitative estimate of drug-likeness (QED) is 0.326. The van der Waals surface area contributed by atoms with Gasteiger partial charge in [-0.2, -0.15) is 0 Å². The first-order valence-electron chi connectivity index (χ1n) is 14.6. The van der Waals surface area contributed by atoms with E-state index in [-0.39, 0.29) is 17.4 Å². The normalized spacial score (nSPS) is 41.4. The summed E-state index contributed by atoms with van der Waals surface area (Å²) >= 11 is 0. The Morgan fingerprint density at radius 1 is 1.00 bits per heavy atom. The van der Waals surface area contributed by atoms with Crippen LogP contribution in [0.4, 0.5) is 0 Å². The van der Waals surface area contributed by atoms with Gasteiger partial charge >= 0.3 is 5.97 Å². The van der Waals surface area contributed by atoms with Gasteiger partial charge < -0.3 is 21.3 Å². The number of aliphatic hydroxyl groups is 1. The second kappa shape index (κ2) is 11.1. The molecule has 0 radical (unpaired) electrons. The number of carboxylic acids is 1. The zero-order chi connectivity index (χ0) is 25.2. The molecule has 9 unspecified atom stereocenters. The lowest BCUT2D eigenvalue weighted by Crippen LogP contribution is -2.57. The molecular formula is C29H50N2O4. The van der Waals surface area contributed by atoms with Crippen LogP contribution < -0.4 is 11.1 Å². The molecule has 0 aromatic heterocycles. The van der Waals surface area contributed by atoms with Gasteiger partial charge in [0.2, 0.25) is 5.91 Å². The van der Waals surface area contributed by atoms with Crippen molar-refractivity contribution in [3.05, 3.63) is 0 Å². The van der Waals surface area contributed by atoms with Crippen LogP contribution in [0.3, 0.4) is 0 Å². The second-order valence-corrected chi connectivity index (χ2v) is 13.0. The maximum absolute atomic E-state index is 12.5. The summed E-state index contributed by atoms with van der Waals surface area (Å²) in [5.41, 5.74) is 6.19. The topological polar surface area (TPSA) is 113 Å². The van der Waals surface area contributed by atoms with Crippen molar-refractivity contribution < 1.29 is 19.8 Å². The van der Waals surface area contributed by atoms with Crippen molar-refractivity contribution in [2.75, 3.05) is 6.54 Å². The van der Waals surface area contributed by atoms with Gasteiger partial charge in [-0.3, -0.25) is 4.79 Å². The number of rotatable bonds is 10. The lowest BCUT2D eigenvalue weighted by atomic mass is 9.44. The molecule has 4 aliphatic rings. The van der Waals surface area contributed by atoms with E-state index in [1.165, 1.54) is 51.4 Å². The third-order valence-corrected chi connectivity index (χ3v) is 11.3. The number of nitrogens with two attached hydrogens (primary N) is 1. The molecule has 0 aromatic carbocycles. The first-order chi connectivity index (χ1) is 16.7. The van der Waals surface area contributed by atoms with Crippen molar-refractivity contribution in [3.63, 3.8) is 0 Å². The van der Waals surface area contributed by atoms with Crippen molar-refractivity contribution in [2.45, 2.75) is 122 Å². The number of aliphatic carboxylic acids is 1. The Balaban J connectivity index is 1.32. The highest BCUT2D eigenvalue weighted by Crippen LogP contribution is 2.67. The highest BCUT2D eigenvalue weighted by molar-refractivity contribution is 5.83. The van der Waals surface area contributed by atoms with Gasteiger partial charge in [-0.05, 0) is 124 Å². The second-order valence-electron chi connectivity index (χ2n) is 13.0. The van der Waals surface area contributed by atoms with Gasteiger partial charge in [0, 0.05) is 6.42 Å². The van der Waals surface area contributed by atoms with Crippen molar-refractivity contribution in [3.8, 4) is 0 Å². The average molecular weight is 491 g/mol. The van der Waals surface area contributed by atoms with E-state index in [2.05, 4.69) is 19.2 Å². The fourth-order valence-electron chi connectivity index (χ4n) is 9.36. The van der Waals surface area contributed by atoms with Crippen molar-refractivity contribution in [1.29, 1.82) is 0 Å². The highest BCUT2D eigenvalue weighted by atomic mass is 16.4. The van der Waals surface area contributed by atoms with Crippen molar-refractivity contribution in [1.82, 2.24) is 5.32 Å². The molecule has 0 heterocycles. The maximum atomic E-state index is 12.5. The number of carbonyl (C=O) groups is 2. The van der Waals surface area contributed by atoms with E-state index < -0.39 is 12.0 Å². The molecule has 35 heavy (non-hydrogen) atoms. The van der Waals surface area contributed by atoms with Gasteiger partial charge in [-0.25, -0.2) is 4.79 Å². The summed E-state index contributed by atoms with van der Waals surface area (Å²) in [4.78, 5) is 24.0. The molecule has 6 nitrogen and oxygen atoms in total. The van der Waals surface area contributed by atoms with Gasteiger partial charge in [0.1, 0.15) is 6.04 Å². The minimum absolute atomic E-state index is 0.141. The van der Waals surface area contributed by atoms with E-state index in [9.17, 15) is 19.8 Å². The van der Waals surface area contributed by atoms with Gasteiger partial charge in [0.25, 0.3) is 0 Å². The van der Waals surface area contributed by atoms with Crippen LogP contribution in [0.2, 0.25) is 0 Å². The summed E-state index contributed by atoms with van der Waals surface area (Å²) in [5, 5.41) is 23.5. The number of amides is 1. The largest absolute Gasteiger partial charge is 0.480 e. The maximum Gasteiger partial charge on any atom is 0.326 e. The van der Waals surface area contributed by atoms with Crippen LogP contribution in [0.25, 0.3) is 0 Å². The minimum atomic E-state index is -0.960. The summed E-state index contributed by atoms with van der Waals surface area (Å²) in [6.45, 7) is 5.57. The zero-order valence-corrected chi connectivity index (χ0v) is 22.1. The van der Waals surface area contributed by atoms with E-state index in [1.54, 1.807) is 0 Å². The number of nitrogens with one attached hydrogen (secondary N) is 1. The Kier molecular flexibility index (Phi) is 8.52. The lowest BCUT2D eigenvalue weighted by Gasteiger charge is -2.62. The van der Waals surface area contributed by atoms with Gasteiger partial charge in [0.05, 0.1) is 6.10 Å². The molecule has 4 fully saturated rings. The molecule has 0 aliphatic heterocycles. The molecule has 0 saturated heterocycles. The molecule has 0 spiro atoms. The summed E-state index contributed by atoms with van der Waals surface area (Å²) in [6, 6.07) is -0.810. The molecular weight excluding hydrogens is 440 g/mol. The Labute approximate surface area is 212 Å². The molecule has 0 aromatic rings. The number of hydrogen-bond acceptors (Lipinski definition) is 4. The van der Waals surface area contributed by atoms with E-state index >= 15 is 0 Å². The molecule has 4 saturated carbocycles. The number of unbranched alkanes of at least 4 members (excludes halogenated alkanes) is 1. The van der Waals surface area contributed by atoms with Crippen LogP contribution in [0.1, 0.15) is 110 Å². The van der Waals surface area contributed by atoms with E-state index in [4.69, 9.17) is 5.73 Å². The van der Waals surface area contributed by atoms with Crippen LogP contribution in [-0.2, 0) is 9.59 Å². The first-order valence-corrected chi connectivity index (χ1v) is 14.6. The monoisotopic (exact) mass is 490 g/mol. The van der Waals surface area contributed by atoms with Gasteiger partial charge in [-0.15, -0.1) is 0 Å².